The maximum Gasteiger partial charge on any atom is 0.163 e. The summed E-state index contributed by atoms with van der Waals surface area (Å²) in [7, 11) is 1.60. The lowest BCUT2D eigenvalue weighted by Gasteiger charge is -2.14. The predicted molar refractivity (Wildman–Crippen MR) is 106 cm³/mol. The van der Waals surface area contributed by atoms with E-state index in [0.717, 1.165) is 17.4 Å². The number of ether oxygens (including phenoxy) is 3. The van der Waals surface area contributed by atoms with Gasteiger partial charge in [0.2, 0.25) is 0 Å². The van der Waals surface area contributed by atoms with Gasteiger partial charge in [-0.15, -0.1) is 0 Å². The van der Waals surface area contributed by atoms with Crippen LogP contribution in [-0.4, -0.2) is 36.4 Å². The molecule has 0 aliphatic carbocycles. The second-order valence-electron chi connectivity index (χ2n) is 6.40. The zero-order chi connectivity index (χ0) is 19.1. The van der Waals surface area contributed by atoms with Crippen LogP contribution in [0.5, 0.6) is 11.5 Å². The molecule has 4 aromatic rings. The van der Waals surface area contributed by atoms with Crippen molar-refractivity contribution in [1.29, 1.82) is 0 Å². The first-order chi connectivity index (χ1) is 13.7. The Labute approximate surface area is 165 Å². The zero-order valence-electron chi connectivity index (χ0n) is 14.9. The van der Waals surface area contributed by atoms with Crippen LogP contribution in [0.3, 0.4) is 0 Å². The van der Waals surface area contributed by atoms with E-state index in [1.807, 2.05) is 30.3 Å². The molecule has 5 rings (SSSR count). The highest BCUT2D eigenvalue weighted by atomic mass is 35.5. The molecule has 1 fully saturated rings. The Morgan fingerprint density at radius 3 is 2.93 bits per heavy atom. The first-order valence-corrected chi connectivity index (χ1v) is 9.10. The number of fused-ring (bicyclic) bond motifs is 2. The van der Waals surface area contributed by atoms with Crippen LogP contribution in [-0.2, 0) is 4.74 Å². The van der Waals surface area contributed by atoms with Gasteiger partial charge in [-0.3, -0.25) is 0 Å². The van der Waals surface area contributed by atoms with Gasteiger partial charge in [-0.25, -0.2) is 9.97 Å². The standard InChI is InChI=1S/C20H16ClN3O4/c1-25-16-6-13-15(7-17(16)28-9-12-8-27-12)22-10-23-20(13)24-18-14(21)3-2-11-4-5-26-19(11)18/h2-7,10,12H,8-9H2,1H3,(H,22,23,24). The number of nitrogens with one attached hydrogen (secondary N) is 1. The third-order valence-corrected chi connectivity index (χ3v) is 4.88. The molecule has 142 valence electrons. The lowest BCUT2D eigenvalue weighted by Crippen LogP contribution is -2.05. The zero-order valence-corrected chi connectivity index (χ0v) is 15.7. The normalized spacial score (nSPS) is 15.7. The van der Waals surface area contributed by atoms with Gasteiger partial charge in [0, 0.05) is 16.8 Å². The average molecular weight is 398 g/mol. The Hall–Kier alpha value is -3.03. The number of nitrogens with zero attached hydrogens (tertiary/aromatic N) is 2. The SMILES string of the molecule is COc1cc2c(Nc3c(Cl)ccc4ccoc34)ncnc2cc1OCC1CO1. The van der Waals surface area contributed by atoms with Crippen LogP contribution >= 0.6 is 11.6 Å². The molecule has 8 heteroatoms. The van der Waals surface area contributed by atoms with Crippen molar-refractivity contribution in [2.45, 2.75) is 6.10 Å². The van der Waals surface area contributed by atoms with Crippen LogP contribution in [0.15, 0.2) is 47.3 Å². The van der Waals surface area contributed by atoms with Crippen molar-refractivity contribution in [3.05, 3.63) is 47.9 Å². The Kier molecular flexibility index (Phi) is 4.18. The minimum atomic E-state index is 0.152. The number of methoxy groups -OCH3 is 1. The van der Waals surface area contributed by atoms with Crippen molar-refractivity contribution < 1.29 is 18.6 Å². The van der Waals surface area contributed by atoms with E-state index in [9.17, 15) is 0 Å². The second-order valence-corrected chi connectivity index (χ2v) is 6.80. The van der Waals surface area contributed by atoms with E-state index in [2.05, 4.69) is 15.3 Å². The van der Waals surface area contributed by atoms with E-state index in [0.29, 0.717) is 45.7 Å². The van der Waals surface area contributed by atoms with Gasteiger partial charge in [0.15, 0.2) is 17.1 Å². The summed E-state index contributed by atoms with van der Waals surface area (Å²) in [4.78, 5) is 8.75. The Balaban J connectivity index is 1.57. The van der Waals surface area contributed by atoms with Crippen LogP contribution in [0.4, 0.5) is 11.5 Å². The number of hydrogen-bond donors (Lipinski definition) is 1. The van der Waals surface area contributed by atoms with Gasteiger partial charge in [0.1, 0.15) is 30.5 Å². The molecule has 0 spiro atoms. The van der Waals surface area contributed by atoms with Gasteiger partial charge in [0.05, 0.1) is 30.5 Å². The number of aromatic nitrogens is 2. The Bertz CT molecular complexity index is 1170. The van der Waals surface area contributed by atoms with E-state index in [4.69, 9.17) is 30.2 Å². The van der Waals surface area contributed by atoms with E-state index >= 15 is 0 Å². The highest BCUT2D eigenvalue weighted by molar-refractivity contribution is 6.35. The van der Waals surface area contributed by atoms with Crippen molar-refractivity contribution in [2.24, 2.45) is 0 Å². The van der Waals surface area contributed by atoms with Crippen molar-refractivity contribution in [3.63, 3.8) is 0 Å². The smallest absolute Gasteiger partial charge is 0.163 e. The maximum absolute atomic E-state index is 6.40. The molecule has 1 atom stereocenters. The monoisotopic (exact) mass is 397 g/mol. The molecule has 1 saturated heterocycles. The number of halogens is 1. The molecule has 3 heterocycles. The van der Waals surface area contributed by atoms with Crippen LogP contribution in [0, 0.1) is 0 Å². The molecule has 2 aromatic carbocycles. The Morgan fingerprint density at radius 1 is 1.21 bits per heavy atom. The minimum Gasteiger partial charge on any atom is -0.493 e. The summed E-state index contributed by atoms with van der Waals surface area (Å²) in [6.07, 6.45) is 3.26. The van der Waals surface area contributed by atoms with Crippen molar-refractivity contribution in [1.82, 2.24) is 9.97 Å². The van der Waals surface area contributed by atoms with Crippen molar-refractivity contribution in [3.8, 4) is 11.5 Å². The molecule has 2 aromatic heterocycles. The van der Waals surface area contributed by atoms with Gasteiger partial charge in [-0.05, 0) is 24.3 Å². The molecule has 28 heavy (non-hydrogen) atoms. The molecular weight excluding hydrogens is 382 g/mol. The van der Waals surface area contributed by atoms with Gasteiger partial charge in [-0.2, -0.15) is 0 Å². The summed E-state index contributed by atoms with van der Waals surface area (Å²) in [5.41, 5.74) is 2.03. The van der Waals surface area contributed by atoms with Gasteiger partial charge in [-0.1, -0.05) is 11.6 Å². The molecule has 0 amide bonds. The number of anilines is 2. The Morgan fingerprint density at radius 2 is 2.11 bits per heavy atom. The van der Waals surface area contributed by atoms with Crippen molar-refractivity contribution in [2.75, 3.05) is 25.6 Å². The largest absolute Gasteiger partial charge is 0.493 e. The summed E-state index contributed by atoms with van der Waals surface area (Å²) < 4.78 is 22.1. The number of furan rings is 1. The quantitative estimate of drug-likeness (QED) is 0.477. The fourth-order valence-electron chi connectivity index (χ4n) is 3.03. The average Bonchev–Trinajstić information content (AvgIpc) is 3.42. The highest BCUT2D eigenvalue weighted by Gasteiger charge is 2.24. The molecule has 1 unspecified atom stereocenters. The molecular formula is C20H16ClN3O4. The molecule has 0 saturated carbocycles. The van der Waals surface area contributed by atoms with Crippen LogP contribution in [0.1, 0.15) is 0 Å². The summed E-state index contributed by atoms with van der Waals surface area (Å²) in [5.74, 6) is 1.79. The summed E-state index contributed by atoms with van der Waals surface area (Å²) >= 11 is 6.40. The van der Waals surface area contributed by atoms with Crippen LogP contribution < -0.4 is 14.8 Å². The topological polar surface area (TPSA) is 81.9 Å². The van der Waals surface area contributed by atoms with Gasteiger partial charge < -0.3 is 23.9 Å². The third kappa shape index (κ3) is 3.08. The third-order valence-electron chi connectivity index (χ3n) is 4.56. The molecule has 0 bridgehead atoms. The van der Waals surface area contributed by atoms with Crippen LogP contribution in [0.2, 0.25) is 5.02 Å². The molecule has 1 N–H and O–H groups in total. The second kappa shape index (κ2) is 6.85. The first-order valence-electron chi connectivity index (χ1n) is 8.73. The summed E-state index contributed by atoms with van der Waals surface area (Å²) in [6.45, 7) is 1.21. The van der Waals surface area contributed by atoms with E-state index in [-0.39, 0.29) is 6.10 Å². The molecule has 0 radical (unpaired) electrons. The highest BCUT2D eigenvalue weighted by Crippen LogP contribution is 2.38. The lowest BCUT2D eigenvalue weighted by atomic mass is 10.2. The molecule has 1 aliphatic rings. The lowest BCUT2D eigenvalue weighted by molar-refractivity contribution is 0.252. The fourth-order valence-corrected chi connectivity index (χ4v) is 3.22. The molecule has 7 nitrogen and oxygen atoms in total. The van der Waals surface area contributed by atoms with E-state index < -0.39 is 0 Å². The number of benzene rings is 2. The minimum absolute atomic E-state index is 0.152. The maximum atomic E-state index is 6.40. The summed E-state index contributed by atoms with van der Waals surface area (Å²) in [6, 6.07) is 9.28. The fraction of sp³-hybridized carbons (Fsp3) is 0.200. The van der Waals surface area contributed by atoms with E-state index in [1.54, 1.807) is 13.4 Å². The molecule has 1 aliphatic heterocycles. The van der Waals surface area contributed by atoms with Gasteiger partial charge in [0.25, 0.3) is 0 Å². The number of epoxide rings is 1. The number of hydrogen-bond acceptors (Lipinski definition) is 7. The van der Waals surface area contributed by atoms with Crippen molar-refractivity contribution >= 4 is 45.0 Å². The van der Waals surface area contributed by atoms with Crippen LogP contribution in [0.25, 0.3) is 21.9 Å². The van der Waals surface area contributed by atoms with E-state index in [1.165, 1.54) is 6.33 Å². The predicted octanol–water partition coefficient (Wildman–Crippen LogP) is 4.56. The van der Waals surface area contributed by atoms with Gasteiger partial charge >= 0.3 is 0 Å². The first kappa shape index (κ1) is 17.1. The summed E-state index contributed by atoms with van der Waals surface area (Å²) in [5, 5.41) is 5.53. The number of rotatable bonds is 6.